The number of hydrogen-bond acceptors (Lipinski definition) is 5. The summed E-state index contributed by atoms with van der Waals surface area (Å²) >= 11 is 0. The van der Waals surface area contributed by atoms with Crippen LogP contribution in [-0.2, 0) is 9.53 Å². The third-order valence-electron chi connectivity index (χ3n) is 0.264. The van der Waals surface area contributed by atoms with Gasteiger partial charge in [0, 0.05) is 28.3 Å². The van der Waals surface area contributed by atoms with Gasteiger partial charge in [-0.3, -0.25) is 4.79 Å². The van der Waals surface area contributed by atoms with E-state index < -0.39 is 12.1 Å². The minimum absolute atomic E-state index is 0.139. The van der Waals surface area contributed by atoms with Crippen LogP contribution in [0.4, 0.5) is 0 Å². The molecule has 0 aliphatic heterocycles. The summed E-state index contributed by atoms with van der Waals surface area (Å²) < 4.78 is 4.25. The number of carboxylic acids is 1. The van der Waals surface area contributed by atoms with Gasteiger partial charge in [0.15, 0.2) is 0 Å². The van der Waals surface area contributed by atoms with Crippen LogP contribution in [0.25, 0.3) is 0 Å². The Kier molecular flexibility index (Phi) is 49.0. The monoisotopic (exact) mass is 214 g/mol. The summed E-state index contributed by atoms with van der Waals surface area (Å²) in [5.41, 5.74) is 0. The van der Waals surface area contributed by atoms with Crippen molar-refractivity contribution in [3.8, 4) is 0 Å². The highest BCUT2D eigenvalue weighted by Crippen LogP contribution is 1.68. The second-order valence-corrected chi connectivity index (χ2v) is 1.96. The van der Waals surface area contributed by atoms with Crippen molar-refractivity contribution in [3.63, 3.8) is 0 Å². The van der Waals surface area contributed by atoms with Crippen LogP contribution in [0.2, 0.25) is 0 Å². The van der Waals surface area contributed by atoms with Crippen molar-refractivity contribution in [3.05, 3.63) is 0 Å². The van der Waals surface area contributed by atoms with Crippen molar-refractivity contribution in [1.29, 1.82) is 0 Å². The Morgan fingerprint density at radius 1 is 1.36 bits per heavy atom. The van der Waals surface area contributed by atoms with Crippen LogP contribution in [0.3, 0.4) is 0 Å². The lowest BCUT2D eigenvalue weighted by atomic mass is 10.5. The average Bonchev–Trinajstić information content (AvgIpc) is 2.08. The first kappa shape index (κ1) is 23.3. The van der Waals surface area contributed by atoms with E-state index in [1.54, 1.807) is 14.2 Å². The Labute approximate surface area is 84.8 Å². The molecule has 6 nitrogen and oxygen atoms in total. The van der Waals surface area contributed by atoms with Crippen molar-refractivity contribution < 1.29 is 30.0 Å². The highest BCUT2D eigenvalue weighted by atomic mass is 16.4. The molecule has 0 radical (unpaired) electrons. The third-order valence-corrected chi connectivity index (χ3v) is 0.264. The zero-order chi connectivity index (χ0) is 12.6. The fraction of sp³-hybridized carbons (Fsp3) is 0.875. The van der Waals surface area contributed by atoms with Gasteiger partial charge in [0.05, 0.1) is 12.7 Å². The minimum Gasteiger partial charge on any atom is -0.481 e. The fourth-order valence-electron chi connectivity index (χ4n) is 0. The van der Waals surface area contributed by atoms with Crippen molar-refractivity contribution in [1.82, 2.24) is 0 Å². The molecular formula is C8H22O6. The van der Waals surface area contributed by atoms with Crippen molar-refractivity contribution in [2.24, 2.45) is 0 Å². The standard InChI is InChI=1S/C3H8O2.C2H4O2.C2H6O.CH4O/c1-3(5)2-4;1-2(3)4;1-3-2;1-2/h3-5H,2H2,1H3;1H3,(H,3,4);1-2H3;2H,1H3. The number of aliphatic carboxylic acids is 1. The van der Waals surface area contributed by atoms with E-state index in [0.717, 1.165) is 14.0 Å². The van der Waals surface area contributed by atoms with Crippen LogP contribution >= 0.6 is 0 Å². The third kappa shape index (κ3) is 701. The molecular weight excluding hydrogens is 192 g/mol. The molecule has 0 amide bonds. The maximum atomic E-state index is 9.00. The molecule has 14 heavy (non-hydrogen) atoms. The van der Waals surface area contributed by atoms with Gasteiger partial charge in [-0.2, -0.15) is 0 Å². The molecule has 1 unspecified atom stereocenters. The van der Waals surface area contributed by atoms with Gasteiger partial charge in [-0.05, 0) is 6.92 Å². The first-order chi connectivity index (χ1) is 6.42. The van der Waals surface area contributed by atoms with Crippen molar-refractivity contribution >= 4 is 5.97 Å². The number of aliphatic hydroxyl groups is 3. The van der Waals surface area contributed by atoms with E-state index >= 15 is 0 Å². The van der Waals surface area contributed by atoms with Crippen molar-refractivity contribution in [2.45, 2.75) is 20.0 Å². The summed E-state index contributed by atoms with van der Waals surface area (Å²) in [5, 5.41) is 30.4. The topological polar surface area (TPSA) is 107 Å². The molecule has 0 aromatic rings. The van der Waals surface area contributed by atoms with E-state index in [4.69, 9.17) is 25.2 Å². The summed E-state index contributed by atoms with van der Waals surface area (Å²) in [6, 6.07) is 0. The predicted molar refractivity (Wildman–Crippen MR) is 53.2 cm³/mol. The van der Waals surface area contributed by atoms with Gasteiger partial charge in [0.1, 0.15) is 0 Å². The fourth-order valence-corrected chi connectivity index (χ4v) is 0. The largest absolute Gasteiger partial charge is 0.481 e. The number of aliphatic hydroxyl groups excluding tert-OH is 3. The molecule has 0 spiro atoms. The Morgan fingerprint density at radius 2 is 1.43 bits per heavy atom. The number of hydrogen-bond donors (Lipinski definition) is 4. The molecule has 0 fully saturated rings. The lowest BCUT2D eigenvalue weighted by Crippen LogP contribution is -2.03. The first-order valence-electron chi connectivity index (χ1n) is 3.75. The van der Waals surface area contributed by atoms with Crippen LogP contribution in [0.5, 0.6) is 0 Å². The SMILES string of the molecule is CC(=O)O.CC(O)CO.CO.COC. The maximum absolute atomic E-state index is 9.00. The van der Waals surface area contributed by atoms with Gasteiger partial charge in [0.2, 0.25) is 0 Å². The van der Waals surface area contributed by atoms with E-state index in [-0.39, 0.29) is 6.61 Å². The quantitative estimate of drug-likeness (QED) is 0.461. The minimum atomic E-state index is -0.833. The second kappa shape index (κ2) is 29.5. The Bertz CT molecular complexity index is 79.9. The molecule has 0 aliphatic carbocycles. The Hall–Kier alpha value is -0.690. The van der Waals surface area contributed by atoms with E-state index in [0.29, 0.717) is 0 Å². The Balaban J connectivity index is -0.0000000505. The molecule has 0 saturated carbocycles. The molecule has 0 aliphatic rings. The lowest BCUT2D eigenvalue weighted by Gasteiger charge is -1.90. The molecule has 0 bridgehead atoms. The Morgan fingerprint density at radius 3 is 1.43 bits per heavy atom. The van der Waals surface area contributed by atoms with Gasteiger partial charge in [0.25, 0.3) is 5.97 Å². The van der Waals surface area contributed by atoms with Crippen LogP contribution in [0.1, 0.15) is 13.8 Å². The van der Waals surface area contributed by atoms with E-state index in [2.05, 4.69) is 4.74 Å². The molecule has 0 aromatic carbocycles. The molecule has 0 saturated heterocycles. The van der Waals surface area contributed by atoms with E-state index in [1.165, 1.54) is 6.92 Å². The summed E-state index contributed by atoms with van der Waals surface area (Å²) in [4.78, 5) is 9.00. The lowest BCUT2D eigenvalue weighted by molar-refractivity contribution is -0.134. The summed E-state index contributed by atoms with van der Waals surface area (Å²) in [6.07, 6.45) is -0.560. The zero-order valence-corrected chi connectivity index (χ0v) is 9.39. The van der Waals surface area contributed by atoms with Gasteiger partial charge < -0.3 is 25.2 Å². The molecule has 6 heteroatoms. The highest BCUT2D eigenvalue weighted by Gasteiger charge is 1.83. The highest BCUT2D eigenvalue weighted by molar-refractivity contribution is 5.62. The van der Waals surface area contributed by atoms with Gasteiger partial charge in [-0.15, -0.1) is 0 Å². The molecule has 0 heterocycles. The number of methoxy groups -OCH3 is 1. The summed E-state index contributed by atoms with van der Waals surface area (Å²) in [6.45, 7) is 2.47. The molecule has 90 valence electrons. The van der Waals surface area contributed by atoms with Crippen molar-refractivity contribution in [2.75, 3.05) is 27.9 Å². The molecule has 4 N–H and O–H groups in total. The number of ether oxygens (including phenoxy) is 1. The first-order valence-corrected chi connectivity index (χ1v) is 3.75. The molecule has 0 rings (SSSR count). The molecule has 0 aromatic heterocycles. The van der Waals surface area contributed by atoms with Gasteiger partial charge >= 0.3 is 0 Å². The number of carbonyl (C=O) groups is 1. The number of carboxylic acid groups (broad SMARTS) is 1. The smallest absolute Gasteiger partial charge is 0.300 e. The molecule has 1 atom stereocenters. The second-order valence-electron chi connectivity index (χ2n) is 1.96. The van der Waals surface area contributed by atoms with Gasteiger partial charge in [-0.1, -0.05) is 0 Å². The zero-order valence-electron chi connectivity index (χ0n) is 9.39. The van der Waals surface area contributed by atoms with Crippen LogP contribution in [-0.4, -0.2) is 60.4 Å². The number of rotatable bonds is 1. The van der Waals surface area contributed by atoms with Gasteiger partial charge in [-0.25, -0.2) is 0 Å². The predicted octanol–water partition coefficient (Wildman–Crippen LogP) is -0.678. The normalized spacial score (nSPS) is 8.86. The van der Waals surface area contributed by atoms with Crippen LogP contribution in [0, 0.1) is 0 Å². The van der Waals surface area contributed by atoms with E-state index in [1.807, 2.05) is 0 Å². The maximum Gasteiger partial charge on any atom is 0.300 e. The summed E-state index contributed by atoms with van der Waals surface area (Å²) in [7, 11) is 4.25. The van der Waals surface area contributed by atoms with Crippen LogP contribution in [0.15, 0.2) is 0 Å². The van der Waals surface area contributed by atoms with E-state index in [9.17, 15) is 0 Å². The summed E-state index contributed by atoms with van der Waals surface area (Å²) in [5.74, 6) is -0.833. The van der Waals surface area contributed by atoms with Crippen LogP contribution < -0.4 is 0 Å². The average molecular weight is 214 g/mol.